The number of amides is 1. The summed E-state index contributed by atoms with van der Waals surface area (Å²) in [5.74, 6) is 1.08. The minimum Gasteiger partial charge on any atom is -0.376 e. The predicted molar refractivity (Wildman–Crippen MR) is 78.8 cm³/mol. The number of carbonyl (C=O) groups is 1. The zero-order chi connectivity index (χ0) is 14.3. The number of hydrogen-bond acceptors (Lipinski definition) is 4. The van der Waals surface area contributed by atoms with E-state index in [2.05, 4.69) is 27.5 Å². The fourth-order valence-corrected chi connectivity index (χ4v) is 2.66. The Labute approximate surface area is 125 Å². The van der Waals surface area contributed by atoms with Crippen LogP contribution >= 0.6 is 15.9 Å². The summed E-state index contributed by atoms with van der Waals surface area (Å²) in [6, 6.07) is 3.64. The summed E-state index contributed by atoms with van der Waals surface area (Å²) in [4.78, 5) is 20.4. The van der Waals surface area contributed by atoms with Gasteiger partial charge in [-0.2, -0.15) is 0 Å². The monoisotopic (exact) mass is 335 g/mol. The number of aromatic nitrogens is 1. The Morgan fingerprint density at radius 3 is 2.95 bits per heavy atom. The van der Waals surface area contributed by atoms with Crippen molar-refractivity contribution in [3.05, 3.63) is 46.5 Å². The summed E-state index contributed by atoms with van der Waals surface area (Å²) < 4.78 is 6.27. The van der Waals surface area contributed by atoms with Crippen molar-refractivity contribution in [1.29, 1.82) is 0 Å². The second-order valence-electron chi connectivity index (χ2n) is 4.68. The Morgan fingerprint density at radius 1 is 1.45 bits per heavy atom. The van der Waals surface area contributed by atoms with Crippen LogP contribution in [-0.4, -0.2) is 36.1 Å². The van der Waals surface area contributed by atoms with Crippen LogP contribution in [0.25, 0.3) is 0 Å². The number of hydrogen-bond donors (Lipinski definition) is 0. The highest BCUT2D eigenvalue weighted by atomic mass is 79.9. The van der Waals surface area contributed by atoms with Gasteiger partial charge in [-0.15, -0.1) is 0 Å². The lowest BCUT2D eigenvalue weighted by atomic mass is 10.0. The summed E-state index contributed by atoms with van der Waals surface area (Å²) in [6.45, 7) is 5.01. The third-order valence-electron chi connectivity index (χ3n) is 3.53. The summed E-state index contributed by atoms with van der Waals surface area (Å²) in [7, 11) is 1.92. The molecule has 1 amide bonds. The average Bonchev–Trinajstić information content (AvgIpc) is 2.47. The van der Waals surface area contributed by atoms with Crippen LogP contribution in [0.4, 0.5) is 5.82 Å². The summed E-state index contributed by atoms with van der Waals surface area (Å²) in [5.41, 5.74) is 1.69. The molecule has 0 bridgehead atoms. The molecule has 20 heavy (non-hydrogen) atoms. The SMILES string of the molecule is C=C1N(C)C2=C(COCC2)C(=O)N1c1ccc(Br)cn1. The number of pyridine rings is 1. The summed E-state index contributed by atoms with van der Waals surface area (Å²) in [5, 5.41) is 0. The maximum Gasteiger partial charge on any atom is 0.265 e. The first-order valence-electron chi connectivity index (χ1n) is 6.28. The molecule has 0 aliphatic carbocycles. The van der Waals surface area contributed by atoms with E-state index in [1.54, 1.807) is 12.3 Å². The van der Waals surface area contributed by atoms with E-state index in [9.17, 15) is 4.79 Å². The van der Waals surface area contributed by atoms with Gasteiger partial charge >= 0.3 is 0 Å². The number of nitrogens with zero attached hydrogens (tertiary/aromatic N) is 3. The fraction of sp³-hybridized carbons (Fsp3) is 0.286. The van der Waals surface area contributed by atoms with Gasteiger partial charge in [0.2, 0.25) is 0 Å². The van der Waals surface area contributed by atoms with Crippen molar-refractivity contribution in [3.8, 4) is 0 Å². The summed E-state index contributed by atoms with van der Waals surface area (Å²) in [6.07, 6.45) is 2.40. The Balaban J connectivity index is 2.04. The molecule has 0 spiro atoms. The van der Waals surface area contributed by atoms with Gasteiger partial charge < -0.3 is 9.64 Å². The van der Waals surface area contributed by atoms with E-state index in [0.717, 1.165) is 16.6 Å². The first-order chi connectivity index (χ1) is 9.59. The van der Waals surface area contributed by atoms with Crippen LogP contribution in [-0.2, 0) is 9.53 Å². The van der Waals surface area contributed by atoms with Crippen LogP contribution in [0.5, 0.6) is 0 Å². The molecular weight excluding hydrogens is 322 g/mol. The molecule has 104 valence electrons. The average molecular weight is 336 g/mol. The van der Waals surface area contributed by atoms with E-state index >= 15 is 0 Å². The maximum atomic E-state index is 12.6. The topological polar surface area (TPSA) is 45.7 Å². The van der Waals surface area contributed by atoms with E-state index in [4.69, 9.17) is 4.74 Å². The Hall–Kier alpha value is -1.66. The first kappa shape index (κ1) is 13.3. The van der Waals surface area contributed by atoms with Crippen LogP contribution in [0.1, 0.15) is 6.42 Å². The molecule has 0 saturated heterocycles. The maximum absolute atomic E-state index is 12.6. The van der Waals surface area contributed by atoms with E-state index in [0.29, 0.717) is 30.4 Å². The highest BCUT2D eigenvalue weighted by molar-refractivity contribution is 9.10. The molecule has 1 aromatic heterocycles. The highest BCUT2D eigenvalue weighted by Crippen LogP contribution is 2.33. The lowest BCUT2D eigenvalue weighted by Gasteiger charge is -2.40. The van der Waals surface area contributed by atoms with Crippen LogP contribution in [0.3, 0.4) is 0 Å². The number of rotatable bonds is 1. The van der Waals surface area contributed by atoms with Gasteiger partial charge in [0.05, 0.1) is 18.8 Å². The molecule has 5 nitrogen and oxygen atoms in total. The summed E-state index contributed by atoms with van der Waals surface area (Å²) >= 11 is 3.34. The number of carbonyl (C=O) groups excluding carboxylic acids is 1. The van der Waals surface area contributed by atoms with Crippen molar-refractivity contribution in [3.63, 3.8) is 0 Å². The van der Waals surface area contributed by atoms with Gasteiger partial charge in [0.25, 0.3) is 5.91 Å². The predicted octanol–water partition coefficient (Wildman–Crippen LogP) is 2.27. The van der Waals surface area contributed by atoms with Crippen LogP contribution in [0.15, 0.2) is 46.5 Å². The van der Waals surface area contributed by atoms with Gasteiger partial charge in [0.15, 0.2) is 0 Å². The van der Waals surface area contributed by atoms with E-state index in [-0.39, 0.29) is 5.91 Å². The van der Waals surface area contributed by atoms with Gasteiger partial charge in [-0.3, -0.25) is 4.79 Å². The lowest BCUT2D eigenvalue weighted by Crippen LogP contribution is -2.46. The lowest BCUT2D eigenvalue weighted by molar-refractivity contribution is -0.116. The van der Waals surface area contributed by atoms with Gasteiger partial charge in [0.1, 0.15) is 11.6 Å². The molecule has 2 aliphatic rings. The number of anilines is 1. The van der Waals surface area contributed by atoms with Crippen LogP contribution < -0.4 is 4.90 Å². The third kappa shape index (κ3) is 2.05. The molecule has 0 atom stereocenters. The van der Waals surface area contributed by atoms with Crippen LogP contribution in [0, 0.1) is 0 Å². The molecule has 0 fully saturated rings. The highest BCUT2D eigenvalue weighted by Gasteiger charge is 2.36. The third-order valence-corrected chi connectivity index (χ3v) is 4.00. The molecule has 3 rings (SSSR count). The van der Waals surface area contributed by atoms with Crippen LogP contribution in [0.2, 0.25) is 0 Å². The number of ether oxygens (including phenoxy) is 1. The van der Waals surface area contributed by atoms with Crippen molar-refractivity contribution in [2.24, 2.45) is 0 Å². The molecule has 1 aromatic rings. The molecule has 0 N–H and O–H groups in total. The zero-order valence-electron chi connectivity index (χ0n) is 11.1. The zero-order valence-corrected chi connectivity index (χ0v) is 12.7. The molecule has 6 heteroatoms. The minimum atomic E-state index is -0.0994. The van der Waals surface area contributed by atoms with Crippen molar-refractivity contribution in [1.82, 2.24) is 9.88 Å². The van der Waals surface area contributed by atoms with Gasteiger partial charge in [-0.25, -0.2) is 9.88 Å². The second-order valence-corrected chi connectivity index (χ2v) is 5.59. The Bertz CT molecular complexity index is 609. The van der Waals surface area contributed by atoms with E-state index < -0.39 is 0 Å². The second kappa shape index (κ2) is 5.03. The molecule has 3 heterocycles. The largest absolute Gasteiger partial charge is 0.376 e. The normalized spacial score (nSPS) is 19.5. The van der Waals surface area contributed by atoms with Gasteiger partial charge in [0, 0.05) is 29.8 Å². The van der Waals surface area contributed by atoms with Crippen molar-refractivity contribution in [2.75, 3.05) is 25.2 Å². The van der Waals surface area contributed by atoms with E-state index in [1.165, 1.54) is 4.90 Å². The molecular formula is C14H14BrN3O2. The fourth-order valence-electron chi connectivity index (χ4n) is 2.43. The van der Waals surface area contributed by atoms with Gasteiger partial charge in [-0.1, -0.05) is 6.58 Å². The quantitative estimate of drug-likeness (QED) is 0.789. The Morgan fingerprint density at radius 2 is 2.25 bits per heavy atom. The minimum absolute atomic E-state index is 0.0994. The molecule has 0 aromatic carbocycles. The first-order valence-corrected chi connectivity index (χ1v) is 7.07. The van der Waals surface area contributed by atoms with Gasteiger partial charge in [-0.05, 0) is 28.1 Å². The number of halogens is 1. The molecule has 2 aliphatic heterocycles. The smallest absolute Gasteiger partial charge is 0.265 e. The van der Waals surface area contributed by atoms with Crippen molar-refractivity contribution < 1.29 is 9.53 Å². The molecule has 0 radical (unpaired) electrons. The standard InChI is InChI=1S/C14H14BrN3O2/c1-9-17(2)12-5-6-20-8-11(12)14(19)18(9)13-4-3-10(15)7-16-13/h3-4,7H,1,5-6,8H2,2H3. The molecule has 0 saturated carbocycles. The van der Waals surface area contributed by atoms with E-state index in [1.807, 2.05) is 18.0 Å². The van der Waals surface area contributed by atoms with Crippen molar-refractivity contribution in [2.45, 2.75) is 6.42 Å². The van der Waals surface area contributed by atoms with Crippen molar-refractivity contribution >= 4 is 27.7 Å². The Kier molecular flexibility index (Phi) is 3.35. The molecule has 0 unspecified atom stereocenters.